The third-order valence-electron chi connectivity index (χ3n) is 3.95. The van der Waals surface area contributed by atoms with Gasteiger partial charge in [-0.25, -0.2) is 0 Å². The van der Waals surface area contributed by atoms with Crippen LogP contribution in [0.15, 0.2) is 18.2 Å². The number of benzene rings is 1. The van der Waals surface area contributed by atoms with Crippen LogP contribution < -0.4 is 29.6 Å². The Bertz CT molecular complexity index is 455. The number of aryl methyl sites for hydroxylation is 1. The van der Waals surface area contributed by atoms with Crippen LogP contribution in [0.3, 0.4) is 0 Å². The minimum absolute atomic E-state index is 0. The number of aliphatic hydroxyl groups is 1. The first kappa shape index (κ1) is 22.8. The molecule has 0 spiro atoms. The molecule has 0 bridgehead atoms. The fourth-order valence-electron chi connectivity index (χ4n) is 2.60. The number of hydrogen-bond donors (Lipinski definition) is 1. The number of piperazine rings is 1. The molecule has 1 aromatic rings. The summed E-state index contributed by atoms with van der Waals surface area (Å²) >= 11 is 5.92. The van der Waals surface area contributed by atoms with Crippen molar-refractivity contribution in [3.63, 3.8) is 0 Å². The van der Waals surface area contributed by atoms with Gasteiger partial charge in [-0.1, -0.05) is 18.5 Å². The van der Waals surface area contributed by atoms with Gasteiger partial charge in [0.05, 0.1) is 0 Å². The average Bonchev–Trinajstić information content (AvgIpc) is 2.47. The number of hydrogen-bond acceptors (Lipinski definition) is 4. The average molecular weight is 384 g/mol. The summed E-state index contributed by atoms with van der Waals surface area (Å²) in [7, 11) is 0. The molecule has 1 heterocycles. The Hall–Kier alpha value is -0.230. The van der Waals surface area contributed by atoms with E-state index in [0.29, 0.717) is 18.2 Å². The molecule has 1 fully saturated rings. The van der Waals surface area contributed by atoms with Crippen LogP contribution in [0.1, 0.15) is 12.5 Å². The van der Waals surface area contributed by atoms with Crippen molar-refractivity contribution >= 4 is 11.6 Å². The van der Waals surface area contributed by atoms with Gasteiger partial charge in [-0.15, -0.1) is 0 Å². The number of nitrogens with zero attached hydrogens (tertiary/aromatic N) is 2. The minimum atomic E-state index is -0.465. The van der Waals surface area contributed by atoms with Crippen molar-refractivity contribution in [1.29, 1.82) is 0 Å². The van der Waals surface area contributed by atoms with Crippen LogP contribution in [0.4, 0.5) is 0 Å². The molecule has 1 aliphatic heterocycles. The molecule has 0 amide bonds. The molecule has 1 N–H and O–H groups in total. The van der Waals surface area contributed by atoms with Crippen molar-refractivity contribution in [2.75, 3.05) is 45.9 Å². The summed E-state index contributed by atoms with van der Waals surface area (Å²) < 4.78 is 5.69. The Morgan fingerprint density at radius 2 is 1.78 bits per heavy atom. The van der Waals surface area contributed by atoms with Crippen molar-refractivity contribution in [3.8, 4) is 5.75 Å². The monoisotopic (exact) mass is 382 g/mol. The molecule has 0 aromatic heterocycles. The molecule has 1 atom stereocenters. The summed E-state index contributed by atoms with van der Waals surface area (Å²) in [5.74, 6) is 0.786. The third kappa shape index (κ3) is 7.46. The van der Waals surface area contributed by atoms with Gasteiger partial charge in [-0.05, 0) is 37.2 Å². The lowest BCUT2D eigenvalue weighted by atomic mass is 10.2. The van der Waals surface area contributed by atoms with Gasteiger partial charge in [0.25, 0.3) is 0 Å². The maximum Gasteiger partial charge on any atom is 0.122 e. The highest BCUT2D eigenvalue weighted by atomic mass is 35.5. The lowest BCUT2D eigenvalue weighted by Gasteiger charge is -2.34. The number of aliphatic hydroxyl groups excluding tert-OH is 1. The van der Waals surface area contributed by atoms with E-state index in [4.69, 9.17) is 16.3 Å². The lowest BCUT2D eigenvalue weighted by Crippen LogP contribution is -3.00. The first-order valence-electron chi connectivity index (χ1n) is 7.60. The molecule has 0 aliphatic carbocycles. The number of rotatable bonds is 6. The van der Waals surface area contributed by atoms with E-state index < -0.39 is 6.10 Å². The van der Waals surface area contributed by atoms with E-state index >= 15 is 0 Å². The Morgan fingerprint density at radius 3 is 2.35 bits per heavy atom. The highest BCUT2D eigenvalue weighted by Gasteiger charge is 2.18. The van der Waals surface area contributed by atoms with Crippen molar-refractivity contribution in [1.82, 2.24) is 9.80 Å². The second-order valence-electron chi connectivity index (χ2n) is 5.61. The summed E-state index contributed by atoms with van der Waals surface area (Å²) in [6, 6.07) is 5.53. The molecule has 7 heteroatoms. The molecular formula is C16H25Cl3N2O2-2. The van der Waals surface area contributed by atoms with Crippen LogP contribution in [-0.2, 0) is 0 Å². The topological polar surface area (TPSA) is 35.9 Å². The SMILES string of the molecule is CCN1CCN(CC(O)COc2ccc(Cl)cc2C)CC1.[Cl-].[Cl-]. The predicted octanol–water partition coefficient (Wildman–Crippen LogP) is -3.97. The fraction of sp³-hybridized carbons (Fsp3) is 0.625. The maximum absolute atomic E-state index is 10.1. The molecule has 0 radical (unpaired) electrons. The molecule has 1 aliphatic rings. The highest BCUT2D eigenvalue weighted by molar-refractivity contribution is 6.30. The summed E-state index contributed by atoms with van der Waals surface area (Å²) in [6.07, 6.45) is -0.465. The standard InChI is InChI=1S/C16H25ClN2O2.2ClH/c1-3-18-6-8-19(9-7-18)11-15(20)12-21-16-5-4-14(17)10-13(16)2;;/h4-5,10,15,20H,3,6-9,11-12H2,1-2H3;2*1H/p-2. The Kier molecular flexibility index (Phi) is 11.2. The van der Waals surface area contributed by atoms with Gasteiger partial charge < -0.3 is 39.6 Å². The number of halogens is 3. The largest absolute Gasteiger partial charge is 1.00 e. The molecule has 0 saturated carbocycles. The fourth-order valence-corrected chi connectivity index (χ4v) is 2.83. The van der Waals surface area contributed by atoms with Crippen LogP contribution in [0.2, 0.25) is 5.02 Å². The van der Waals surface area contributed by atoms with Crippen LogP contribution in [0, 0.1) is 6.92 Å². The zero-order chi connectivity index (χ0) is 15.2. The van der Waals surface area contributed by atoms with E-state index in [-0.39, 0.29) is 24.8 Å². The Balaban J connectivity index is 0.00000242. The van der Waals surface area contributed by atoms with E-state index in [2.05, 4.69) is 16.7 Å². The first-order chi connectivity index (χ1) is 10.1. The van der Waals surface area contributed by atoms with E-state index in [9.17, 15) is 5.11 Å². The Labute approximate surface area is 156 Å². The summed E-state index contributed by atoms with van der Waals surface area (Å²) in [5.41, 5.74) is 0.992. The number of β-amino-alcohol motifs (C(OH)–C–C–N with tert-alkyl or cyclic N) is 1. The first-order valence-corrected chi connectivity index (χ1v) is 7.98. The molecule has 1 unspecified atom stereocenters. The van der Waals surface area contributed by atoms with Crippen molar-refractivity contribution in [3.05, 3.63) is 28.8 Å². The van der Waals surface area contributed by atoms with Crippen LogP contribution in [0.25, 0.3) is 0 Å². The van der Waals surface area contributed by atoms with E-state index in [0.717, 1.165) is 44.0 Å². The highest BCUT2D eigenvalue weighted by Crippen LogP contribution is 2.21. The zero-order valence-electron chi connectivity index (χ0n) is 13.6. The lowest BCUT2D eigenvalue weighted by molar-refractivity contribution is -0.00100. The molecule has 1 saturated heterocycles. The van der Waals surface area contributed by atoms with Gasteiger partial charge >= 0.3 is 0 Å². The van der Waals surface area contributed by atoms with Crippen molar-refractivity contribution in [2.45, 2.75) is 20.0 Å². The number of likely N-dealkylation sites (N-methyl/N-ethyl adjacent to an activating group) is 1. The zero-order valence-corrected chi connectivity index (χ0v) is 15.9. The molecule has 1 aromatic carbocycles. The van der Waals surface area contributed by atoms with Gasteiger partial charge in [-0.2, -0.15) is 0 Å². The van der Waals surface area contributed by atoms with E-state index in [1.807, 2.05) is 19.1 Å². The van der Waals surface area contributed by atoms with Gasteiger partial charge in [0.2, 0.25) is 0 Å². The third-order valence-corrected chi connectivity index (χ3v) is 4.18. The summed E-state index contributed by atoms with van der Waals surface area (Å²) in [6.45, 7) is 10.4. The maximum atomic E-state index is 10.1. The van der Waals surface area contributed by atoms with Crippen molar-refractivity contribution < 1.29 is 34.7 Å². The Morgan fingerprint density at radius 1 is 1.17 bits per heavy atom. The smallest absolute Gasteiger partial charge is 0.122 e. The van der Waals surface area contributed by atoms with Crippen LogP contribution >= 0.6 is 11.6 Å². The van der Waals surface area contributed by atoms with Gasteiger partial charge in [-0.3, -0.25) is 4.90 Å². The molecule has 2 rings (SSSR count). The van der Waals surface area contributed by atoms with E-state index in [1.54, 1.807) is 6.07 Å². The van der Waals surface area contributed by atoms with Crippen LogP contribution in [0.5, 0.6) is 5.75 Å². The van der Waals surface area contributed by atoms with Gasteiger partial charge in [0.1, 0.15) is 18.5 Å². The van der Waals surface area contributed by atoms with E-state index in [1.165, 1.54) is 0 Å². The minimum Gasteiger partial charge on any atom is -1.00 e. The summed E-state index contributed by atoms with van der Waals surface area (Å²) in [4.78, 5) is 4.73. The van der Waals surface area contributed by atoms with Crippen LogP contribution in [-0.4, -0.2) is 66.9 Å². The molecule has 4 nitrogen and oxygen atoms in total. The normalized spacial score (nSPS) is 17.0. The summed E-state index contributed by atoms with van der Waals surface area (Å²) in [5, 5.41) is 10.8. The van der Waals surface area contributed by atoms with Crippen molar-refractivity contribution in [2.24, 2.45) is 0 Å². The molecular weight excluding hydrogens is 359 g/mol. The van der Waals surface area contributed by atoms with Gasteiger partial charge in [0.15, 0.2) is 0 Å². The predicted molar refractivity (Wildman–Crippen MR) is 86.2 cm³/mol. The second kappa shape index (κ2) is 11.3. The second-order valence-corrected chi connectivity index (χ2v) is 6.05. The number of ether oxygens (including phenoxy) is 1. The molecule has 134 valence electrons. The van der Waals surface area contributed by atoms with Gasteiger partial charge in [0, 0.05) is 37.7 Å². The molecule has 23 heavy (non-hydrogen) atoms. The quantitative estimate of drug-likeness (QED) is 0.544.